The number of carbonyl (C=O) groups is 3. The lowest BCUT2D eigenvalue weighted by atomic mass is 10.1. The Morgan fingerprint density at radius 1 is 1.15 bits per heavy atom. The molecule has 1 aliphatic rings. The molecule has 0 radical (unpaired) electrons. The average Bonchev–Trinajstić information content (AvgIpc) is 3.20. The van der Waals surface area contributed by atoms with Gasteiger partial charge in [0.1, 0.15) is 5.76 Å². The lowest BCUT2D eigenvalue weighted by Gasteiger charge is -2.11. The van der Waals surface area contributed by atoms with Gasteiger partial charge in [-0.2, -0.15) is 0 Å². The molecular formula is C19H18N2O5. The molecule has 134 valence electrons. The number of carboxylic acids is 1. The van der Waals surface area contributed by atoms with Crippen molar-refractivity contribution >= 4 is 23.5 Å². The first-order chi connectivity index (χ1) is 12.5. The summed E-state index contributed by atoms with van der Waals surface area (Å²) in [6, 6.07) is 8.57. The van der Waals surface area contributed by atoms with E-state index in [0.717, 1.165) is 16.4 Å². The monoisotopic (exact) mass is 354 g/mol. The third kappa shape index (κ3) is 3.66. The van der Waals surface area contributed by atoms with Crippen molar-refractivity contribution in [3.05, 3.63) is 65.8 Å². The number of aliphatic carboxylic acids is 1. The number of amides is 2. The molecule has 1 aromatic carbocycles. The van der Waals surface area contributed by atoms with Gasteiger partial charge >= 0.3 is 5.97 Å². The topological polar surface area (TPSA) is 99.8 Å². The second-order valence-electron chi connectivity index (χ2n) is 5.97. The molecule has 2 amide bonds. The number of carboxylic acid groups (broad SMARTS) is 1. The van der Waals surface area contributed by atoms with E-state index >= 15 is 0 Å². The van der Waals surface area contributed by atoms with Crippen LogP contribution in [0.3, 0.4) is 0 Å². The van der Waals surface area contributed by atoms with E-state index in [9.17, 15) is 14.4 Å². The van der Waals surface area contributed by atoms with E-state index in [2.05, 4.69) is 11.9 Å². The van der Waals surface area contributed by atoms with E-state index < -0.39 is 17.8 Å². The van der Waals surface area contributed by atoms with Gasteiger partial charge in [0.05, 0.1) is 23.8 Å². The maximum atomic E-state index is 12.4. The first-order valence-electron chi connectivity index (χ1n) is 8.15. The van der Waals surface area contributed by atoms with Gasteiger partial charge in [-0.05, 0) is 36.8 Å². The van der Waals surface area contributed by atoms with Gasteiger partial charge in [-0.15, -0.1) is 0 Å². The number of nitrogens with zero attached hydrogens (tertiary/aromatic N) is 1. The minimum absolute atomic E-state index is 0.139. The summed E-state index contributed by atoms with van der Waals surface area (Å²) in [6.45, 7) is 3.82. The van der Waals surface area contributed by atoms with Crippen molar-refractivity contribution in [1.82, 2.24) is 4.90 Å². The zero-order chi connectivity index (χ0) is 18.7. The number of rotatable bonds is 8. The van der Waals surface area contributed by atoms with Crippen LogP contribution < -0.4 is 5.32 Å². The fourth-order valence-electron chi connectivity index (χ4n) is 2.77. The molecule has 0 bridgehead atoms. The van der Waals surface area contributed by atoms with Crippen molar-refractivity contribution in [2.24, 2.45) is 0 Å². The highest BCUT2D eigenvalue weighted by Crippen LogP contribution is 2.27. The van der Waals surface area contributed by atoms with E-state index in [0.29, 0.717) is 18.5 Å². The summed E-state index contributed by atoms with van der Waals surface area (Å²) in [7, 11) is 0. The smallest absolute Gasteiger partial charge is 0.305 e. The first kappa shape index (κ1) is 17.5. The van der Waals surface area contributed by atoms with Gasteiger partial charge in [0.15, 0.2) is 0 Å². The normalized spacial score (nSPS) is 13.0. The molecule has 0 spiro atoms. The summed E-state index contributed by atoms with van der Waals surface area (Å²) >= 11 is 0. The average molecular weight is 354 g/mol. The third-order valence-electron chi connectivity index (χ3n) is 4.09. The molecular weight excluding hydrogens is 336 g/mol. The fraction of sp³-hybridized carbons (Fsp3) is 0.211. The number of carbonyl (C=O) groups excluding carboxylic acids is 2. The molecule has 1 aromatic heterocycles. The molecule has 3 rings (SSSR count). The molecule has 26 heavy (non-hydrogen) atoms. The van der Waals surface area contributed by atoms with Crippen LogP contribution in [0.25, 0.3) is 0 Å². The van der Waals surface area contributed by atoms with Gasteiger partial charge in [-0.3, -0.25) is 19.3 Å². The quantitative estimate of drug-likeness (QED) is 0.707. The highest BCUT2D eigenvalue weighted by atomic mass is 16.4. The summed E-state index contributed by atoms with van der Waals surface area (Å²) in [5.74, 6) is -1.14. The number of hydrogen-bond donors (Lipinski definition) is 2. The van der Waals surface area contributed by atoms with Gasteiger partial charge in [-0.1, -0.05) is 6.58 Å². The highest BCUT2D eigenvalue weighted by molar-refractivity contribution is 6.21. The van der Waals surface area contributed by atoms with Gasteiger partial charge in [0, 0.05) is 24.4 Å². The van der Waals surface area contributed by atoms with Crippen molar-refractivity contribution < 1.29 is 23.9 Å². The standard InChI is InChI=1S/C19H18N2O5/c1-12(4-6-14-3-2-10-26-14)20-13-5-7-15-16(11-13)19(25)21(18(15)24)9-8-17(22)23/h2-3,5,7,10-11,20H,1,4,6,8-9H2,(H,22,23). The first-order valence-corrected chi connectivity index (χ1v) is 8.15. The van der Waals surface area contributed by atoms with E-state index in [4.69, 9.17) is 9.52 Å². The van der Waals surface area contributed by atoms with Crippen molar-refractivity contribution in [2.75, 3.05) is 11.9 Å². The SMILES string of the molecule is C=C(CCc1ccco1)Nc1ccc2c(c1)C(=O)N(CCC(=O)O)C2=O. The van der Waals surface area contributed by atoms with Gasteiger partial charge < -0.3 is 14.8 Å². The predicted molar refractivity (Wildman–Crippen MR) is 93.9 cm³/mol. The fourth-order valence-corrected chi connectivity index (χ4v) is 2.77. The molecule has 0 unspecified atom stereocenters. The van der Waals surface area contributed by atoms with Crippen molar-refractivity contribution in [2.45, 2.75) is 19.3 Å². The summed E-state index contributed by atoms with van der Waals surface area (Å²) in [5.41, 5.74) is 1.95. The van der Waals surface area contributed by atoms with Crippen LogP contribution >= 0.6 is 0 Å². The Morgan fingerprint density at radius 3 is 2.62 bits per heavy atom. The Kier molecular flexibility index (Phi) is 4.88. The summed E-state index contributed by atoms with van der Waals surface area (Å²) in [6.07, 6.45) is 2.69. The minimum atomic E-state index is -1.06. The number of nitrogens with one attached hydrogen (secondary N) is 1. The Labute approximate surface area is 149 Å². The van der Waals surface area contributed by atoms with Crippen molar-refractivity contribution in [1.29, 1.82) is 0 Å². The Hall–Kier alpha value is -3.35. The second-order valence-corrected chi connectivity index (χ2v) is 5.97. The summed E-state index contributed by atoms with van der Waals surface area (Å²) < 4.78 is 5.27. The van der Waals surface area contributed by atoms with Crippen LogP contribution in [0, 0.1) is 0 Å². The molecule has 0 aliphatic carbocycles. The summed E-state index contributed by atoms with van der Waals surface area (Å²) in [5, 5.41) is 11.9. The zero-order valence-electron chi connectivity index (χ0n) is 14.0. The zero-order valence-corrected chi connectivity index (χ0v) is 14.0. The predicted octanol–water partition coefficient (Wildman–Crippen LogP) is 2.91. The highest BCUT2D eigenvalue weighted by Gasteiger charge is 2.35. The molecule has 7 heteroatoms. The van der Waals surface area contributed by atoms with Gasteiger partial charge in [0.25, 0.3) is 11.8 Å². The molecule has 0 fully saturated rings. The third-order valence-corrected chi connectivity index (χ3v) is 4.09. The lowest BCUT2D eigenvalue weighted by Crippen LogP contribution is -2.31. The lowest BCUT2D eigenvalue weighted by molar-refractivity contribution is -0.137. The molecule has 2 N–H and O–H groups in total. The maximum Gasteiger partial charge on any atom is 0.305 e. The molecule has 0 atom stereocenters. The molecule has 2 heterocycles. The van der Waals surface area contributed by atoms with Gasteiger partial charge in [0.2, 0.25) is 0 Å². The Bertz CT molecular complexity index is 870. The number of allylic oxidation sites excluding steroid dienone is 1. The number of anilines is 1. The maximum absolute atomic E-state index is 12.4. The second kappa shape index (κ2) is 7.26. The molecule has 0 saturated carbocycles. The van der Waals surface area contributed by atoms with Crippen molar-refractivity contribution in [3.63, 3.8) is 0 Å². The van der Waals surface area contributed by atoms with E-state index in [1.54, 1.807) is 24.5 Å². The van der Waals surface area contributed by atoms with E-state index in [1.165, 1.54) is 0 Å². The van der Waals surface area contributed by atoms with Crippen LogP contribution in [0.4, 0.5) is 5.69 Å². The molecule has 0 saturated heterocycles. The number of aryl methyl sites for hydroxylation is 1. The number of furan rings is 1. The van der Waals surface area contributed by atoms with Crippen LogP contribution in [-0.4, -0.2) is 34.3 Å². The number of imide groups is 1. The van der Waals surface area contributed by atoms with Gasteiger partial charge in [-0.25, -0.2) is 0 Å². The molecule has 2 aromatic rings. The molecule has 1 aliphatic heterocycles. The van der Waals surface area contributed by atoms with Crippen LogP contribution in [0.2, 0.25) is 0 Å². The Morgan fingerprint density at radius 2 is 1.92 bits per heavy atom. The Balaban J connectivity index is 1.66. The largest absolute Gasteiger partial charge is 0.481 e. The van der Waals surface area contributed by atoms with E-state index in [-0.39, 0.29) is 24.1 Å². The number of hydrogen-bond acceptors (Lipinski definition) is 5. The number of fused-ring (bicyclic) bond motifs is 1. The van der Waals surface area contributed by atoms with E-state index in [1.807, 2.05) is 12.1 Å². The van der Waals surface area contributed by atoms with Crippen LogP contribution in [0.1, 0.15) is 39.3 Å². The van der Waals surface area contributed by atoms with Crippen LogP contribution in [0.5, 0.6) is 0 Å². The van der Waals surface area contributed by atoms with Crippen LogP contribution in [0.15, 0.2) is 53.3 Å². The number of benzene rings is 1. The van der Waals surface area contributed by atoms with Crippen molar-refractivity contribution in [3.8, 4) is 0 Å². The summed E-state index contributed by atoms with van der Waals surface area (Å²) in [4.78, 5) is 36.3. The minimum Gasteiger partial charge on any atom is -0.481 e. The molecule has 7 nitrogen and oxygen atoms in total. The van der Waals surface area contributed by atoms with Crippen LogP contribution in [-0.2, 0) is 11.2 Å².